The summed E-state index contributed by atoms with van der Waals surface area (Å²) in [5, 5.41) is 7.94. The predicted molar refractivity (Wildman–Crippen MR) is 113 cm³/mol. The van der Waals surface area contributed by atoms with Crippen LogP contribution in [0, 0.1) is 6.92 Å². The SMILES string of the molecule is CCc1ccc(OCc2ccc(C(=O)NCCCn3nc(C)c(Cl)c3Cl)o2)cc1. The Kier molecular flexibility index (Phi) is 7.23. The molecule has 0 unspecified atom stereocenters. The average molecular weight is 436 g/mol. The molecule has 1 amide bonds. The van der Waals surface area contributed by atoms with Gasteiger partial charge in [-0.3, -0.25) is 9.48 Å². The molecule has 0 aliphatic carbocycles. The molecule has 0 radical (unpaired) electrons. The molecular formula is C21H23Cl2N3O3. The van der Waals surface area contributed by atoms with Gasteiger partial charge in [0.05, 0.1) is 5.69 Å². The zero-order valence-electron chi connectivity index (χ0n) is 16.4. The van der Waals surface area contributed by atoms with Crippen LogP contribution in [0.5, 0.6) is 5.75 Å². The van der Waals surface area contributed by atoms with Gasteiger partial charge in [0, 0.05) is 13.1 Å². The van der Waals surface area contributed by atoms with E-state index in [1.165, 1.54) is 5.56 Å². The van der Waals surface area contributed by atoms with Crippen molar-refractivity contribution in [3.05, 3.63) is 69.4 Å². The topological polar surface area (TPSA) is 69.3 Å². The molecule has 0 saturated heterocycles. The number of aromatic nitrogens is 2. The Bertz CT molecular complexity index is 964. The van der Waals surface area contributed by atoms with Crippen LogP contribution in [0.1, 0.15) is 40.9 Å². The van der Waals surface area contributed by atoms with Gasteiger partial charge in [-0.25, -0.2) is 0 Å². The molecule has 1 aromatic carbocycles. The van der Waals surface area contributed by atoms with E-state index in [2.05, 4.69) is 17.3 Å². The molecule has 6 nitrogen and oxygen atoms in total. The smallest absolute Gasteiger partial charge is 0.286 e. The second kappa shape index (κ2) is 9.85. The Balaban J connectivity index is 1.43. The molecule has 2 aromatic heterocycles. The van der Waals surface area contributed by atoms with Gasteiger partial charge < -0.3 is 14.5 Å². The lowest BCUT2D eigenvalue weighted by atomic mass is 10.2. The number of carbonyl (C=O) groups is 1. The molecule has 8 heteroatoms. The van der Waals surface area contributed by atoms with Crippen molar-refractivity contribution in [2.45, 2.75) is 39.8 Å². The van der Waals surface area contributed by atoms with Crippen LogP contribution < -0.4 is 10.1 Å². The highest BCUT2D eigenvalue weighted by molar-refractivity contribution is 6.41. The molecule has 0 spiro atoms. The standard InChI is InChI=1S/C21H23Cl2N3O3/c1-3-15-5-7-16(8-6-15)28-13-17-9-10-18(29-17)21(27)24-11-4-12-26-20(23)19(22)14(2)25-26/h5-10H,3-4,11-13H2,1-2H3,(H,24,27). The quantitative estimate of drug-likeness (QED) is 0.477. The van der Waals surface area contributed by atoms with Gasteiger partial charge in [0.15, 0.2) is 5.76 Å². The third kappa shape index (κ3) is 5.55. The summed E-state index contributed by atoms with van der Waals surface area (Å²) in [5.74, 6) is 1.32. The normalized spacial score (nSPS) is 10.9. The summed E-state index contributed by atoms with van der Waals surface area (Å²) in [7, 11) is 0. The van der Waals surface area contributed by atoms with Gasteiger partial charge in [0.25, 0.3) is 5.91 Å². The van der Waals surface area contributed by atoms with Crippen molar-refractivity contribution < 1.29 is 13.9 Å². The fraction of sp³-hybridized carbons (Fsp3) is 0.333. The first-order chi connectivity index (χ1) is 14.0. The second-order valence-corrected chi connectivity index (χ2v) is 7.31. The molecular weight excluding hydrogens is 413 g/mol. The molecule has 0 aliphatic rings. The van der Waals surface area contributed by atoms with Crippen molar-refractivity contribution >= 4 is 29.1 Å². The number of rotatable bonds is 9. The summed E-state index contributed by atoms with van der Waals surface area (Å²) in [4.78, 5) is 12.2. The number of halogens is 2. The van der Waals surface area contributed by atoms with Gasteiger partial charge in [-0.05, 0) is 49.6 Å². The fourth-order valence-electron chi connectivity index (χ4n) is 2.75. The number of furan rings is 1. The zero-order valence-corrected chi connectivity index (χ0v) is 17.9. The molecule has 154 valence electrons. The largest absolute Gasteiger partial charge is 0.486 e. The number of nitrogens with zero attached hydrogens (tertiary/aromatic N) is 2. The van der Waals surface area contributed by atoms with Crippen molar-refractivity contribution in [2.24, 2.45) is 0 Å². The van der Waals surface area contributed by atoms with Gasteiger partial charge in [-0.2, -0.15) is 5.10 Å². The first-order valence-electron chi connectivity index (χ1n) is 9.45. The summed E-state index contributed by atoms with van der Waals surface area (Å²) in [6.45, 7) is 5.18. The van der Waals surface area contributed by atoms with Gasteiger partial charge in [0.2, 0.25) is 0 Å². The monoisotopic (exact) mass is 435 g/mol. The summed E-state index contributed by atoms with van der Waals surface area (Å²) in [5.41, 5.74) is 1.94. The third-order valence-corrected chi connectivity index (χ3v) is 5.36. The van der Waals surface area contributed by atoms with E-state index in [1.807, 2.05) is 24.3 Å². The van der Waals surface area contributed by atoms with Crippen LogP contribution in [0.15, 0.2) is 40.8 Å². The van der Waals surface area contributed by atoms with Crippen molar-refractivity contribution in [1.29, 1.82) is 0 Å². The van der Waals surface area contributed by atoms with Crippen LogP contribution in [-0.4, -0.2) is 22.2 Å². The number of carbonyl (C=O) groups excluding carboxylic acids is 1. The van der Waals surface area contributed by atoms with E-state index < -0.39 is 0 Å². The van der Waals surface area contributed by atoms with Gasteiger partial charge in [-0.1, -0.05) is 42.3 Å². The number of aryl methyl sites for hydroxylation is 3. The minimum Gasteiger partial charge on any atom is -0.486 e. The third-order valence-electron chi connectivity index (χ3n) is 4.43. The van der Waals surface area contributed by atoms with Crippen molar-refractivity contribution in [3.8, 4) is 5.75 Å². The van der Waals surface area contributed by atoms with Crippen LogP contribution in [-0.2, 0) is 19.6 Å². The highest BCUT2D eigenvalue weighted by Gasteiger charge is 2.13. The Morgan fingerprint density at radius 1 is 1.21 bits per heavy atom. The van der Waals surface area contributed by atoms with E-state index in [9.17, 15) is 4.79 Å². The number of ether oxygens (including phenoxy) is 1. The molecule has 0 fully saturated rings. The van der Waals surface area contributed by atoms with E-state index in [4.69, 9.17) is 32.4 Å². The van der Waals surface area contributed by atoms with Crippen molar-refractivity contribution in [2.75, 3.05) is 6.54 Å². The number of amides is 1. The predicted octanol–water partition coefficient (Wildman–Crippen LogP) is 5.05. The van der Waals surface area contributed by atoms with E-state index in [0.29, 0.717) is 41.1 Å². The zero-order chi connectivity index (χ0) is 20.8. The minimum absolute atomic E-state index is 0.251. The van der Waals surface area contributed by atoms with E-state index in [-0.39, 0.29) is 18.3 Å². The lowest BCUT2D eigenvalue weighted by Crippen LogP contribution is -2.25. The first kappa shape index (κ1) is 21.3. The second-order valence-electron chi connectivity index (χ2n) is 6.57. The molecule has 0 bridgehead atoms. The summed E-state index contributed by atoms with van der Waals surface area (Å²) >= 11 is 12.1. The van der Waals surface area contributed by atoms with Crippen LogP contribution >= 0.6 is 23.2 Å². The minimum atomic E-state index is -0.274. The molecule has 1 N–H and O–H groups in total. The highest BCUT2D eigenvalue weighted by Crippen LogP contribution is 2.24. The highest BCUT2D eigenvalue weighted by atomic mass is 35.5. The molecule has 2 heterocycles. The molecule has 29 heavy (non-hydrogen) atoms. The first-order valence-corrected chi connectivity index (χ1v) is 10.2. The fourth-order valence-corrected chi connectivity index (χ4v) is 3.15. The maximum Gasteiger partial charge on any atom is 0.286 e. The number of benzene rings is 1. The van der Waals surface area contributed by atoms with Crippen LogP contribution in [0.25, 0.3) is 0 Å². The van der Waals surface area contributed by atoms with Gasteiger partial charge in [-0.15, -0.1) is 0 Å². The average Bonchev–Trinajstić information content (AvgIpc) is 3.31. The molecule has 3 aromatic rings. The molecule has 0 saturated carbocycles. The number of hydrogen-bond donors (Lipinski definition) is 1. The van der Waals surface area contributed by atoms with E-state index in [1.54, 1.807) is 23.7 Å². The van der Waals surface area contributed by atoms with Crippen molar-refractivity contribution in [1.82, 2.24) is 15.1 Å². The van der Waals surface area contributed by atoms with Crippen LogP contribution in [0.2, 0.25) is 10.2 Å². The number of nitrogens with one attached hydrogen (secondary N) is 1. The Morgan fingerprint density at radius 3 is 2.62 bits per heavy atom. The molecule has 3 rings (SSSR count). The lowest BCUT2D eigenvalue weighted by Gasteiger charge is -2.06. The van der Waals surface area contributed by atoms with Gasteiger partial charge >= 0.3 is 0 Å². The number of hydrogen-bond acceptors (Lipinski definition) is 4. The van der Waals surface area contributed by atoms with Crippen LogP contribution in [0.3, 0.4) is 0 Å². The van der Waals surface area contributed by atoms with E-state index in [0.717, 1.165) is 12.2 Å². The van der Waals surface area contributed by atoms with Gasteiger partial charge in [0.1, 0.15) is 28.3 Å². The molecule has 0 aliphatic heterocycles. The van der Waals surface area contributed by atoms with Crippen molar-refractivity contribution in [3.63, 3.8) is 0 Å². The Labute approximate surface area is 179 Å². The molecule has 0 atom stereocenters. The van der Waals surface area contributed by atoms with E-state index >= 15 is 0 Å². The summed E-state index contributed by atoms with van der Waals surface area (Å²) in [6, 6.07) is 11.3. The lowest BCUT2D eigenvalue weighted by molar-refractivity contribution is 0.0921. The maximum atomic E-state index is 12.2. The maximum absolute atomic E-state index is 12.2. The summed E-state index contributed by atoms with van der Waals surface area (Å²) in [6.07, 6.45) is 1.65. The van der Waals surface area contributed by atoms with Crippen LogP contribution in [0.4, 0.5) is 0 Å². The Hall–Kier alpha value is -2.44. The summed E-state index contributed by atoms with van der Waals surface area (Å²) < 4.78 is 12.9. The Morgan fingerprint density at radius 2 is 1.97 bits per heavy atom.